The summed E-state index contributed by atoms with van der Waals surface area (Å²) in [4.78, 5) is 0. The monoisotopic (exact) mass is 262 g/mol. The van der Waals surface area contributed by atoms with Crippen LogP contribution in [0.1, 0.15) is 12.5 Å². The summed E-state index contributed by atoms with van der Waals surface area (Å²) in [7, 11) is 0. The van der Waals surface area contributed by atoms with E-state index in [4.69, 9.17) is 0 Å². The molecule has 0 bridgehead atoms. The molecule has 0 radical (unpaired) electrons. The van der Waals surface area contributed by atoms with Gasteiger partial charge in [-0.1, -0.05) is 43.3 Å². The third kappa shape index (κ3) is 1.66. The van der Waals surface area contributed by atoms with Gasteiger partial charge in [-0.2, -0.15) is 0 Å². The van der Waals surface area contributed by atoms with Crippen molar-refractivity contribution in [3.8, 4) is 0 Å². The Morgan fingerprint density at radius 2 is 1.53 bits per heavy atom. The highest BCUT2D eigenvalue weighted by molar-refractivity contribution is 7.25. The number of aryl methyl sites for hydroxylation is 1. The first-order valence-corrected chi connectivity index (χ1v) is 7.51. The van der Waals surface area contributed by atoms with Crippen molar-refractivity contribution in [2.45, 2.75) is 13.3 Å². The molecule has 0 N–H and O–H groups in total. The fourth-order valence-corrected chi connectivity index (χ4v) is 3.93. The van der Waals surface area contributed by atoms with E-state index >= 15 is 0 Å². The zero-order valence-electron chi connectivity index (χ0n) is 10.8. The lowest BCUT2D eigenvalue weighted by atomic mass is 10.1. The van der Waals surface area contributed by atoms with Crippen LogP contribution in [0.5, 0.6) is 0 Å². The van der Waals surface area contributed by atoms with Gasteiger partial charge in [-0.05, 0) is 41.0 Å². The Kier molecular flexibility index (Phi) is 2.36. The molecule has 4 rings (SSSR count). The summed E-state index contributed by atoms with van der Waals surface area (Å²) in [5.41, 5.74) is 1.42. The summed E-state index contributed by atoms with van der Waals surface area (Å²) in [6.45, 7) is 2.21. The Balaban J connectivity index is 2.15. The molecule has 3 aromatic carbocycles. The smallest absolute Gasteiger partial charge is 0.0361 e. The summed E-state index contributed by atoms with van der Waals surface area (Å²) in [5.74, 6) is 0. The molecule has 1 heteroatoms. The Labute approximate surface area is 116 Å². The van der Waals surface area contributed by atoms with E-state index in [1.807, 2.05) is 11.3 Å². The summed E-state index contributed by atoms with van der Waals surface area (Å²) >= 11 is 1.91. The number of benzene rings is 3. The second-order valence-corrected chi connectivity index (χ2v) is 6.07. The van der Waals surface area contributed by atoms with Gasteiger partial charge in [0.15, 0.2) is 0 Å². The van der Waals surface area contributed by atoms with Crippen LogP contribution >= 0.6 is 11.3 Å². The van der Waals surface area contributed by atoms with Crippen molar-refractivity contribution in [2.75, 3.05) is 0 Å². The SMILES string of the molecule is CCc1ccc2c(c1)sc1cc3ccccc3cc12. The third-order valence-corrected chi connectivity index (χ3v) is 4.93. The van der Waals surface area contributed by atoms with Crippen LogP contribution in [0.2, 0.25) is 0 Å². The van der Waals surface area contributed by atoms with E-state index in [1.54, 1.807) is 0 Å². The Morgan fingerprint density at radius 1 is 0.789 bits per heavy atom. The molecule has 0 spiro atoms. The zero-order chi connectivity index (χ0) is 12.8. The van der Waals surface area contributed by atoms with Gasteiger partial charge < -0.3 is 0 Å². The Bertz CT molecular complexity index is 899. The lowest BCUT2D eigenvalue weighted by Gasteiger charge is -1.98. The van der Waals surface area contributed by atoms with E-state index in [9.17, 15) is 0 Å². The highest BCUT2D eigenvalue weighted by Gasteiger charge is 2.06. The van der Waals surface area contributed by atoms with Gasteiger partial charge in [0.25, 0.3) is 0 Å². The Morgan fingerprint density at radius 3 is 2.32 bits per heavy atom. The molecule has 92 valence electrons. The molecule has 1 aromatic heterocycles. The van der Waals surface area contributed by atoms with Crippen molar-refractivity contribution in [3.63, 3.8) is 0 Å². The first-order chi connectivity index (χ1) is 9.35. The molecule has 0 fully saturated rings. The molecular weight excluding hydrogens is 248 g/mol. The minimum absolute atomic E-state index is 1.10. The van der Waals surface area contributed by atoms with Gasteiger partial charge in [0, 0.05) is 20.2 Å². The number of fused-ring (bicyclic) bond motifs is 4. The van der Waals surface area contributed by atoms with Crippen LogP contribution < -0.4 is 0 Å². The standard InChI is InChI=1S/C18H14S/c1-2-12-7-8-15-16-10-13-5-3-4-6-14(13)11-18(16)19-17(15)9-12/h3-11H,2H2,1H3. The number of hydrogen-bond acceptors (Lipinski definition) is 1. The second-order valence-electron chi connectivity index (χ2n) is 4.98. The molecular formula is C18H14S. The molecule has 0 aliphatic heterocycles. The molecule has 0 atom stereocenters. The summed E-state index contributed by atoms with van der Waals surface area (Å²) in [5, 5.41) is 5.44. The van der Waals surface area contributed by atoms with Crippen molar-refractivity contribution in [2.24, 2.45) is 0 Å². The van der Waals surface area contributed by atoms with Crippen molar-refractivity contribution in [1.82, 2.24) is 0 Å². The molecule has 0 saturated carbocycles. The van der Waals surface area contributed by atoms with E-state index in [0.29, 0.717) is 0 Å². The fraction of sp³-hybridized carbons (Fsp3) is 0.111. The average Bonchev–Trinajstić information content (AvgIpc) is 2.81. The number of hydrogen-bond donors (Lipinski definition) is 0. The highest BCUT2D eigenvalue weighted by Crippen LogP contribution is 2.36. The van der Waals surface area contributed by atoms with Crippen LogP contribution in [0.25, 0.3) is 30.9 Å². The molecule has 4 aromatic rings. The van der Waals surface area contributed by atoms with Gasteiger partial charge in [0.2, 0.25) is 0 Å². The van der Waals surface area contributed by atoms with E-state index in [1.165, 1.54) is 36.5 Å². The lowest BCUT2D eigenvalue weighted by molar-refractivity contribution is 1.15. The van der Waals surface area contributed by atoms with Gasteiger partial charge in [-0.15, -0.1) is 11.3 Å². The molecule has 1 heterocycles. The van der Waals surface area contributed by atoms with Gasteiger partial charge in [0.05, 0.1) is 0 Å². The summed E-state index contributed by atoms with van der Waals surface area (Å²) in [6, 6.07) is 20.1. The average molecular weight is 262 g/mol. The molecule has 0 aliphatic rings. The van der Waals surface area contributed by atoms with Crippen LogP contribution in [0.3, 0.4) is 0 Å². The summed E-state index contributed by atoms with van der Waals surface area (Å²) in [6.07, 6.45) is 1.10. The van der Waals surface area contributed by atoms with Crippen molar-refractivity contribution < 1.29 is 0 Å². The lowest BCUT2D eigenvalue weighted by Crippen LogP contribution is -1.77. The maximum Gasteiger partial charge on any atom is 0.0361 e. The molecule has 0 aliphatic carbocycles. The predicted octanol–water partition coefficient (Wildman–Crippen LogP) is 5.77. The number of thiophene rings is 1. The van der Waals surface area contributed by atoms with Gasteiger partial charge in [-0.25, -0.2) is 0 Å². The molecule has 0 saturated heterocycles. The van der Waals surface area contributed by atoms with Crippen LogP contribution in [-0.2, 0) is 6.42 Å². The van der Waals surface area contributed by atoms with Crippen molar-refractivity contribution in [1.29, 1.82) is 0 Å². The quantitative estimate of drug-likeness (QED) is 0.408. The molecule has 19 heavy (non-hydrogen) atoms. The summed E-state index contributed by atoms with van der Waals surface area (Å²) < 4.78 is 2.80. The van der Waals surface area contributed by atoms with Crippen LogP contribution in [0.4, 0.5) is 0 Å². The predicted molar refractivity (Wildman–Crippen MR) is 86.2 cm³/mol. The maximum absolute atomic E-state index is 2.34. The zero-order valence-corrected chi connectivity index (χ0v) is 11.6. The first kappa shape index (κ1) is 11.0. The van der Waals surface area contributed by atoms with E-state index in [2.05, 4.69) is 61.5 Å². The third-order valence-electron chi connectivity index (χ3n) is 3.81. The van der Waals surface area contributed by atoms with Gasteiger partial charge >= 0.3 is 0 Å². The van der Waals surface area contributed by atoms with Crippen molar-refractivity contribution >= 4 is 42.3 Å². The maximum atomic E-state index is 2.34. The van der Waals surface area contributed by atoms with Crippen LogP contribution in [-0.4, -0.2) is 0 Å². The minimum atomic E-state index is 1.10. The van der Waals surface area contributed by atoms with Gasteiger partial charge in [-0.3, -0.25) is 0 Å². The van der Waals surface area contributed by atoms with Gasteiger partial charge in [0.1, 0.15) is 0 Å². The van der Waals surface area contributed by atoms with E-state index in [0.717, 1.165) is 6.42 Å². The Hall–Kier alpha value is -1.86. The highest BCUT2D eigenvalue weighted by atomic mass is 32.1. The first-order valence-electron chi connectivity index (χ1n) is 6.69. The van der Waals surface area contributed by atoms with Crippen LogP contribution in [0.15, 0.2) is 54.6 Å². The second kappa shape index (κ2) is 4.07. The minimum Gasteiger partial charge on any atom is -0.135 e. The molecule has 0 amide bonds. The van der Waals surface area contributed by atoms with E-state index < -0.39 is 0 Å². The molecule has 0 nitrogen and oxygen atoms in total. The van der Waals surface area contributed by atoms with Crippen molar-refractivity contribution in [3.05, 3.63) is 60.2 Å². The number of rotatable bonds is 1. The topological polar surface area (TPSA) is 0 Å². The largest absolute Gasteiger partial charge is 0.135 e. The molecule has 0 unspecified atom stereocenters. The fourth-order valence-electron chi connectivity index (χ4n) is 2.73. The normalized spacial score (nSPS) is 11.6. The van der Waals surface area contributed by atoms with Crippen LogP contribution in [0, 0.1) is 0 Å². The van der Waals surface area contributed by atoms with E-state index in [-0.39, 0.29) is 0 Å².